The molecule has 0 radical (unpaired) electrons. The Morgan fingerprint density at radius 1 is 0.338 bits per heavy atom. The highest BCUT2D eigenvalue weighted by Gasteiger charge is 2.43. The van der Waals surface area contributed by atoms with Gasteiger partial charge in [0, 0.05) is 38.8 Å². The third kappa shape index (κ3) is 6.47. The van der Waals surface area contributed by atoms with Crippen molar-refractivity contribution < 1.29 is 0 Å². The Labute approximate surface area is 399 Å². The minimum atomic E-state index is 0.0774. The molecule has 324 valence electrons. The SMILES string of the molecule is c1ccc(-c2ccccc2-c2ccccc2-c2ccccc2N(c2cccc(-c3cccc4c3c3ccccc3n4-c3ccccc3)c2)c2ccc3c(c2)-c2ccccc2C32CCCCC2)cc1. The highest BCUT2D eigenvalue weighted by atomic mass is 15.1. The van der Waals surface area contributed by atoms with E-state index in [1.165, 1.54) is 121 Å². The molecule has 10 aromatic carbocycles. The van der Waals surface area contributed by atoms with E-state index in [2.05, 4.69) is 252 Å². The molecule has 0 unspecified atom stereocenters. The molecule has 0 aliphatic heterocycles. The van der Waals surface area contributed by atoms with Gasteiger partial charge in [0.15, 0.2) is 0 Å². The normalized spacial score (nSPS) is 13.7. The van der Waals surface area contributed by atoms with Gasteiger partial charge in [0.1, 0.15) is 0 Å². The average molecular weight is 871 g/mol. The number of hydrogen-bond acceptors (Lipinski definition) is 1. The van der Waals surface area contributed by atoms with E-state index >= 15 is 0 Å². The second-order valence-electron chi connectivity index (χ2n) is 18.7. The van der Waals surface area contributed by atoms with E-state index in [0.717, 1.165) is 22.7 Å². The van der Waals surface area contributed by atoms with Crippen LogP contribution >= 0.6 is 0 Å². The number of hydrogen-bond donors (Lipinski definition) is 0. The summed E-state index contributed by atoms with van der Waals surface area (Å²) in [6, 6.07) is 90.0. The Hall–Kier alpha value is -8.20. The first kappa shape index (κ1) is 40.1. The third-order valence-electron chi connectivity index (χ3n) is 15.0. The number of benzene rings is 10. The summed E-state index contributed by atoms with van der Waals surface area (Å²) in [7, 11) is 0. The Balaban J connectivity index is 1.04. The van der Waals surface area contributed by atoms with Crippen molar-refractivity contribution in [3.8, 4) is 61.3 Å². The van der Waals surface area contributed by atoms with Gasteiger partial charge >= 0.3 is 0 Å². The summed E-state index contributed by atoms with van der Waals surface area (Å²) in [6.45, 7) is 0. The molecule has 0 saturated heterocycles. The molecular weight excluding hydrogens is 821 g/mol. The van der Waals surface area contributed by atoms with E-state index in [4.69, 9.17) is 0 Å². The van der Waals surface area contributed by atoms with E-state index in [1.807, 2.05) is 0 Å². The molecule has 2 aliphatic carbocycles. The molecule has 1 saturated carbocycles. The van der Waals surface area contributed by atoms with Gasteiger partial charge in [-0.05, 0) is 129 Å². The van der Waals surface area contributed by atoms with Crippen molar-refractivity contribution in [1.29, 1.82) is 0 Å². The van der Waals surface area contributed by atoms with Crippen LogP contribution in [0.15, 0.2) is 243 Å². The summed E-state index contributed by atoms with van der Waals surface area (Å²) in [6.07, 6.45) is 6.27. The number of para-hydroxylation sites is 3. The second-order valence-corrected chi connectivity index (χ2v) is 18.7. The first-order valence-electron chi connectivity index (χ1n) is 24.3. The molecule has 1 spiro atoms. The highest BCUT2D eigenvalue weighted by molar-refractivity contribution is 6.16. The second kappa shape index (κ2) is 16.6. The van der Waals surface area contributed by atoms with Gasteiger partial charge in [0.25, 0.3) is 0 Å². The van der Waals surface area contributed by atoms with Crippen LogP contribution < -0.4 is 4.90 Å². The molecule has 0 atom stereocenters. The van der Waals surface area contributed by atoms with E-state index in [0.29, 0.717) is 0 Å². The van der Waals surface area contributed by atoms with Gasteiger partial charge in [-0.3, -0.25) is 0 Å². The molecule has 0 amide bonds. The van der Waals surface area contributed by atoms with E-state index in [9.17, 15) is 0 Å². The Morgan fingerprint density at radius 3 is 1.68 bits per heavy atom. The van der Waals surface area contributed by atoms with Crippen molar-refractivity contribution in [2.24, 2.45) is 0 Å². The minimum absolute atomic E-state index is 0.0774. The lowest BCUT2D eigenvalue weighted by Gasteiger charge is -2.36. The predicted octanol–water partition coefficient (Wildman–Crippen LogP) is 18.2. The average Bonchev–Trinajstić information content (AvgIpc) is 3.89. The Kier molecular flexibility index (Phi) is 9.79. The molecule has 0 N–H and O–H groups in total. The maximum atomic E-state index is 2.53. The van der Waals surface area contributed by atoms with Gasteiger partial charge < -0.3 is 9.47 Å². The number of nitrogens with zero attached hydrogens (tertiary/aromatic N) is 2. The maximum Gasteiger partial charge on any atom is 0.0547 e. The molecule has 1 heterocycles. The molecule has 68 heavy (non-hydrogen) atoms. The van der Waals surface area contributed by atoms with Crippen LogP contribution in [-0.2, 0) is 5.41 Å². The molecule has 13 rings (SSSR count). The number of aromatic nitrogens is 1. The molecule has 1 aromatic heterocycles. The first-order valence-corrected chi connectivity index (χ1v) is 24.3. The zero-order valence-corrected chi connectivity index (χ0v) is 38.0. The van der Waals surface area contributed by atoms with Crippen LogP contribution in [0.4, 0.5) is 17.1 Å². The summed E-state index contributed by atoms with van der Waals surface area (Å²) in [5, 5.41) is 2.50. The summed E-state index contributed by atoms with van der Waals surface area (Å²) < 4.78 is 2.41. The quantitative estimate of drug-likeness (QED) is 0.148. The molecule has 11 aromatic rings. The lowest BCUT2D eigenvalue weighted by atomic mass is 9.68. The summed E-state index contributed by atoms with van der Waals surface area (Å²) in [4.78, 5) is 2.53. The molecule has 2 heteroatoms. The number of fused-ring (bicyclic) bond motifs is 8. The van der Waals surface area contributed by atoms with Crippen LogP contribution in [0.25, 0.3) is 83.1 Å². The smallest absolute Gasteiger partial charge is 0.0547 e. The van der Waals surface area contributed by atoms with Gasteiger partial charge in [0.2, 0.25) is 0 Å². The van der Waals surface area contributed by atoms with Crippen molar-refractivity contribution >= 4 is 38.9 Å². The summed E-state index contributed by atoms with van der Waals surface area (Å²) in [5.41, 5.74) is 22.4. The summed E-state index contributed by atoms with van der Waals surface area (Å²) in [5.74, 6) is 0. The van der Waals surface area contributed by atoms with E-state index in [1.54, 1.807) is 0 Å². The fraction of sp³-hybridized carbons (Fsp3) is 0.0909. The van der Waals surface area contributed by atoms with Crippen molar-refractivity contribution in [2.45, 2.75) is 37.5 Å². The van der Waals surface area contributed by atoms with Crippen molar-refractivity contribution in [3.05, 3.63) is 254 Å². The molecule has 2 aliphatic rings. The zero-order chi connectivity index (χ0) is 45.0. The number of rotatable bonds is 8. The summed E-state index contributed by atoms with van der Waals surface area (Å²) >= 11 is 0. The lowest BCUT2D eigenvalue weighted by molar-refractivity contribution is 0.353. The minimum Gasteiger partial charge on any atom is -0.310 e. The molecular formula is C66H50N2. The standard InChI is InChI=1S/C66H50N2/c1-4-22-46(23-5-1)51-28-8-9-29-53(51)54-30-10-11-31-55(54)57-33-13-16-37-62(57)67(50-40-41-61-59(45-50)56-32-12-15-36-60(56)66(61)42-18-3-19-43-66)49-27-20-24-47(44-49)52-35-21-39-64-65(52)58-34-14-17-38-63(58)68(64)48-25-6-2-7-26-48/h1-2,4-17,20-41,44-45H,3,18-19,42-43H2. The monoisotopic (exact) mass is 870 g/mol. The van der Waals surface area contributed by atoms with Gasteiger partial charge in [-0.15, -0.1) is 0 Å². The zero-order valence-electron chi connectivity index (χ0n) is 38.0. The van der Waals surface area contributed by atoms with E-state index < -0.39 is 0 Å². The van der Waals surface area contributed by atoms with Gasteiger partial charge in [0.05, 0.1) is 16.7 Å². The highest BCUT2D eigenvalue weighted by Crippen LogP contribution is 2.57. The van der Waals surface area contributed by atoms with Crippen molar-refractivity contribution in [1.82, 2.24) is 4.57 Å². The fourth-order valence-electron chi connectivity index (χ4n) is 12.1. The molecule has 2 nitrogen and oxygen atoms in total. The predicted molar refractivity (Wildman–Crippen MR) is 287 cm³/mol. The van der Waals surface area contributed by atoms with Gasteiger partial charge in [-0.2, -0.15) is 0 Å². The van der Waals surface area contributed by atoms with Gasteiger partial charge in [-0.1, -0.05) is 207 Å². The molecule has 0 bridgehead atoms. The van der Waals surface area contributed by atoms with E-state index in [-0.39, 0.29) is 5.41 Å². The fourth-order valence-corrected chi connectivity index (χ4v) is 12.1. The molecule has 1 fully saturated rings. The maximum absolute atomic E-state index is 2.53. The van der Waals surface area contributed by atoms with Gasteiger partial charge in [-0.25, -0.2) is 0 Å². The largest absolute Gasteiger partial charge is 0.310 e. The third-order valence-corrected chi connectivity index (χ3v) is 15.0. The van der Waals surface area contributed by atoms with Crippen LogP contribution in [0.3, 0.4) is 0 Å². The number of anilines is 3. The Morgan fingerprint density at radius 2 is 0.882 bits per heavy atom. The van der Waals surface area contributed by atoms with Crippen molar-refractivity contribution in [3.63, 3.8) is 0 Å². The van der Waals surface area contributed by atoms with Crippen LogP contribution in [0.5, 0.6) is 0 Å². The topological polar surface area (TPSA) is 8.17 Å². The first-order chi connectivity index (χ1) is 33.7. The Bertz CT molecular complexity index is 3670. The van der Waals surface area contributed by atoms with Crippen LogP contribution in [0.1, 0.15) is 43.2 Å². The van der Waals surface area contributed by atoms with Crippen LogP contribution in [0.2, 0.25) is 0 Å². The lowest BCUT2D eigenvalue weighted by Crippen LogP contribution is -2.28. The van der Waals surface area contributed by atoms with Crippen molar-refractivity contribution in [2.75, 3.05) is 4.90 Å². The van der Waals surface area contributed by atoms with Crippen LogP contribution in [0, 0.1) is 0 Å². The van der Waals surface area contributed by atoms with Crippen LogP contribution in [-0.4, -0.2) is 4.57 Å².